The van der Waals surface area contributed by atoms with Gasteiger partial charge in [0.2, 0.25) is 0 Å². The Hall–Kier alpha value is -2.68. The number of nitrogens with one attached hydrogen (secondary N) is 1. The third-order valence-corrected chi connectivity index (χ3v) is 3.70. The lowest BCUT2D eigenvalue weighted by Gasteiger charge is -2.14. The van der Waals surface area contributed by atoms with Crippen LogP contribution in [-0.4, -0.2) is 20.7 Å². The predicted octanol–water partition coefficient (Wildman–Crippen LogP) is 3.60. The Morgan fingerprint density at radius 3 is 2.70 bits per heavy atom. The van der Waals surface area contributed by atoms with Crippen LogP contribution in [0.15, 0.2) is 47.7 Å². The molecule has 0 aliphatic rings. The standard InChI is InChI=1S/C14H9F3N4OS/c15-14(16,17)10-1-2-12(21-8-18-7-19-21)11(5-10)20-13(22)9-3-4-23-6-9/h1-8H,(H,20,22). The van der Waals surface area contributed by atoms with Gasteiger partial charge in [0.1, 0.15) is 12.7 Å². The van der Waals surface area contributed by atoms with Crippen LogP contribution in [0, 0.1) is 0 Å². The van der Waals surface area contributed by atoms with Gasteiger partial charge in [0.05, 0.1) is 22.5 Å². The second-order valence-corrected chi connectivity index (χ2v) is 5.32. The van der Waals surface area contributed by atoms with Crippen molar-refractivity contribution in [1.29, 1.82) is 0 Å². The van der Waals surface area contributed by atoms with Crippen molar-refractivity contribution in [1.82, 2.24) is 14.8 Å². The quantitative estimate of drug-likeness (QED) is 0.794. The predicted molar refractivity (Wildman–Crippen MR) is 78.6 cm³/mol. The summed E-state index contributed by atoms with van der Waals surface area (Å²) in [5.41, 5.74) is -0.195. The fraction of sp³-hybridized carbons (Fsp3) is 0.0714. The van der Waals surface area contributed by atoms with E-state index in [4.69, 9.17) is 0 Å². The normalized spacial score (nSPS) is 11.4. The zero-order valence-electron chi connectivity index (χ0n) is 11.4. The number of benzene rings is 1. The fourth-order valence-electron chi connectivity index (χ4n) is 1.93. The number of alkyl halides is 3. The number of hydrogen-bond acceptors (Lipinski definition) is 4. The molecule has 1 N–H and O–H groups in total. The number of carbonyl (C=O) groups is 1. The van der Waals surface area contributed by atoms with E-state index in [0.717, 1.165) is 12.1 Å². The summed E-state index contributed by atoms with van der Waals surface area (Å²) in [6.45, 7) is 0. The third kappa shape index (κ3) is 3.24. The summed E-state index contributed by atoms with van der Waals surface area (Å²) in [4.78, 5) is 15.9. The van der Waals surface area contributed by atoms with Crippen LogP contribution in [0.4, 0.5) is 18.9 Å². The molecule has 0 bridgehead atoms. The van der Waals surface area contributed by atoms with Gasteiger partial charge in [-0.15, -0.1) is 0 Å². The van der Waals surface area contributed by atoms with Crippen LogP contribution in [0.1, 0.15) is 15.9 Å². The first kappa shape index (κ1) is 15.2. The molecule has 0 aliphatic heterocycles. The van der Waals surface area contributed by atoms with Gasteiger partial charge in [-0.1, -0.05) is 0 Å². The number of rotatable bonds is 3. The molecule has 2 aromatic heterocycles. The van der Waals surface area contributed by atoms with E-state index in [1.165, 1.54) is 34.7 Å². The highest BCUT2D eigenvalue weighted by molar-refractivity contribution is 7.08. The number of carbonyl (C=O) groups excluding carboxylic acids is 1. The topological polar surface area (TPSA) is 59.8 Å². The first-order chi connectivity index (χ1) is 10.9. The van der Waals surface area contributed by atoms with Crippen LogP contribution < -0.4 is 5.32 Å². The molecule has 2 heterocycles. The summed E-state index contributed by atoms with van der Waals surface area (Å²) in [6.07, 6.45) is -1.92. The first-order valence-electron chi connectivity index (χ1n) is 6.35. The van der Waals surface area contributed by atoms with Gasteiger partial charge in [0, 0.05) is 5.38 Å². The fourth-order valence-corrected chi connectivity index (χ4v) is 2.57. The van der Waals surface area contributed by atoms with Crippen molar-refractivity contribution in [2.24, 2.45) is 0 Å². The Kier molecular flexibility index (Phi) is 3.87. The molecule has 0 atom stereocenters. The summed E-state index contributed by atoms with van der Waals surface area (Å²) in [7, 11) is 0. The van der Waals surface area contributed by atoms with Gasteiger partial charge in [-0.25, -0.2) is 9.67 Å². The monoisotopic (exact) mass is 338 g/mol. The van der Waals surface area contributed by atoms with E-state index < -0.39 is 17.6 Å². The minimum absolute atomic E-state index is 0.00141. The Morgan fingerprint density at radius 2 is 2.09 bits per heavy atom. The lowest BCUT2D eigenvalue weighted by Crippen LogP contribution is -2.15. The SMILES string of the molecule is O=C(Nc1cc(C(F)(F)F)ccc1-n1cncn1)c1ccsc1. The highest BCUT2D eigenvalue weighted by Gasteiger charge is 2.31. The third-order valence-electron chi connectivity index (χ3n) is 3.02. The van der Waals surface area contributed by atoms with Gasteiger partial charge in [0.15, 0.2) is 0 Å². The van der Waals surface area contributed by atoms with Crippen molar-refractivity contribution in [3.63, 3.8) is 0 Å². The molecule has 0 aliphatic carbocycles. The van der Waals surface area contributed by atoms with Crippen molar-refractivity contribution in [2.75, 3.05) is 5.32 Å². The smallest absolute Gasteiger partial charge is 0.320 e. The molecule has 0 saturated carbocycles. The molecular formula is C14H9F3N4OS. The molecule has 0 spiro atoms. The molecule has 1 aromatic carbocycles. The molecule has 9 heteroatoms. The molecule has 3 rings (SSSR count). The summed E-state index contributed by atoms with van der Waals surface area (Å²) in [5, 5.41) is 9.69. The summed E-state index contributed by atoms with van der Waals surface area (Å²) >= 11 is 1.32. The molecule has 0 saturated heterocycles. The van der Waals surface area contributed by atoms with Crippen molar-refractivity contribution >= 4 is 22.9 Å². The highest BCUT2D eigenvalue weighted by atomic mass is 32.1. The number of hydrogen-bond donors (Lipinski definition) is 1. The van der Waals surface area contributed by atoms with E-state index in [9.17, 15) is 18.0 Å². The molecule has 1 amide bonds. The minimum Gasteiger partial charge on any atom is -0.320 e. The lowest BCUT2D eigenvalue weighted by atomic mass is 10.1. The largest absolute Gasteiger partial charge is 0.416 e. The number of amides is 1. The number of nitrogens with zero attached hydrogens (tertiary/aromatic N) is 3. The number of aromatic nitrogens is 3. The summed E-state index contributed by atoms with van der Waals surface area (Å²) < 4.78 is 40.0. The maximum atomic E-state index is 12.9. The average Bonchev–Trinajstić information content (AvgIpc) is 3.20. The van der Waals surface area contributed by atoms with Crippen LogP contribution in [0.5, 0.6) is 0 Å². The Labute approximate surface area is 132 Å². The van der Waals surface area contributed by atoms with Crippen molar-refractivity contribution in [3.8, 4) is 5.69 Å². The minimum atomic E-state index is -4.51. The Bertz CT molecular complexity index is 813. The molecular weight excluding hydrogens is 329 g/mol. The van der Waals surface area contributed by atoms with Crippen LogP contribution in [0.25, 0.3) is 5.69 Å². The van der Waals surface area contributed by atoms with Gasteiger partial charge in [-0.2, -0.15) is 29.6 Å². The van der Waals surface area contributed by atoms with Crippen molar-refractivity contribution < 1.29 is 18.0 Å². The van der Waals surface area contributed by atoms with E-state index in [1.54, 1.807) is 16.8 Å². The van der Waals surface area contributed by atoms with Crippen molar-refractivity contribution in [2.45, 2.75) is 6.18 Å². The average molecular weight is 338 g/mol. The molecule has 0 unspecified atom stereocenters. The number of anilines is 1. The molecule has 0 fully saturated rings. The van der Waals surface area contributed by atoms with E-state index in [0.29, 0.717) is 11.3 Å². The van der Waals surface area contributed by atoms with Gasteiger partial charge in [-0.05, 0) is 29.6 Å². The van der Waals surface area contributed by atoms with Crippen LogP contribution in [0.2, 0.25) is 0 Å². The van der Waals surface area contributed by atoms with E-state index >= 15 is 0 Å². The molecule has 5 nitrogen and oxygen atoms in total. The maximum Gasteiger partial charge on any atom is 0.416 e. The van der Waals surface area contributed by atoms with Gasteiger partial charge in [0.25, 0.3) is 5.91 Å². The molecule has 23 heavy (non-hydrogen) atoms. The molecule has 3 aromatic rings. The van der Waals surface area contributed by atoms with Crippen LogP contribution in [0.3, 0.4) is 0 Å². The molecule has 0 radical (unpaired) electrons. The van der Waals surface area contributed by atoms with Gasteiger partial charge < -0.3 is 5.32 Å². The second kappa shape index (κ2) is 5.84. The second-order valence-electron chi connectivity index (χ2n) is 4.54. The zero-order valence-corrected chi connectivity index (χ0v) is 12.2. The lowest BCUT2D eigenvalue weighted by molar-refractivity contribution is -0.137. The number of thiophene rings is 1. The maximum absolute atomic E-state index is 12.9. The van der Waals surface area contributed by atoms with Crippen LogP contribution in [-0.2, 0) is 6.18 Å². The van der Waals surface area contributed by atoms with Gasteiger partial charge in [-0.3, -0.25) is 4.79 Å². The van der Waals surface area contributed by atoms with E-state index in [-0.39, 0.29) is 5.69 Å². The van der Waals surface area contributed by atoms with E-state index in [1.807, 2.05) is 0 Å². The first-order valence-corrected chi connectivity index (χ1v) is 7.29. The number of halogens is 3. The summed E-state index contributed by atoms with van der Waals surface area (Å²) in [5.74, 6) is -0.494. The Balaban J connectivity index is 2.02. The van der Waals surface area contributed by atoms with Gasteiger partial charge >= 0.3 is 6.18 Å². The highest BCUT2D eigenvalue weighted by Crippen LogP contribution is 2.33. The summed E-state index contributed by atoms with van der Waals surface area (Å²) in [6, 6.07) is 4.63. The van der Waals surface area contributed by atoms with Crippen molar-refractivity contribution in [3.05, 3.63) is 58.8 Å². The molecule has 118 valence electrons. The van der Waals surface area contributed by atoms with Crippen LogP contribution >= 0.6 is 11.3 Å². The Morgan fingerprint density at radius 1 is 1.26 bits per heavy atom. The zero-order chi connectivity index (χ0) is 16.4. The van der Waals surface area contributed by atoms with E-state index in [2.05, 4.69) is 15.4 Å².